The number of halogens is 1. The van der Waals surface area contributed by atoms with E-state index < -0.39 is 6.04 Å². The summed E-state index contributed by atoms with van der Waals surface area (Å²) in [6.45, 7) is 2.01. The smallest absolute Gasteiger partial charge is 0.327 e. The van der Waals surface area contributed by atoms with Crippen LogP contribution in [0.3, 0.4) is 0 Å². The number of ether oxygens (including phenoxy) is 1. The molecule has 0 radical (unpaired) electrons. The lowest BCUT2D eigenvalue weighted by atomic mass is 10.0. The van der Waals surface area contributed by atoms with Gasteiger partial charge in [0.15, 0.2) is 0 Å². The van der Waals surface area contributed by atoms with Crippen molar-refractivity contribution in [1.29, 1.82) is 0 Å². The molecule has 1 heterocycles. The van der Waals surface area contributed by atoms with E-state index in [0.29, 0.717) is 48.0 Å². The third-order valence-electron chi connectivity index (χ3n) is 6.00. The number of benzene rings is 3. The van der Waals surface area contributed by atoms with Crippen LogP contribution >= 0.6 is 11.6 Å². The molecule has 1 aliphatic rings. The molecule has 0 bridgehead atoms. The average Bonchev–Trinajstić information content (AvgIpc) is 2.90. The van der Waals surface area contributed by atoms with Gasteiger partial charge in [-0.3, -0.25) is 14.5 Å². The van der Waals surface area contributed by atoms with E-state index in [4.69, 9.17) is 16.3 Å². The van der Waals surface area contributed by atoms with Gasteiger partial charge in [0.2, 0.25) is 0 Å². The highest BCUT2D eigenvalue weighted by atomic mass is 35.5. The number of methoxy groups -OCH3 is 1. The Bertz CT molecular complexity index is 1180. The first-order valence-electron chi connectivity index (χ1n) is 11.3. The Morgan fingerprint density at radius 2 is 1.46 bits per heavy atom. The Hall–Kier alpha value is -3.68. The molecule has 0 saturated carbocycles. The number of nitrogens with zero attached hydrogens (tertiary/aromatic N) is 2. The zero-order valence-electron chi connectivity index (χ0n) is 19.3. The molecule has 4 rings (SSSR count). The minimum atomic E-state index is -0.554. The Labute approximate surface area is 209 Å². The van der Waals surface area contributed by atoms with Crippen molar-refractivity contribution in [2.45, 2.75) is 6.04 Å². The molecule has 3 aromatic carbocycles. The number of esters is 1. The highest BCUT2D eigenvalue weighted by Crippen LogP contribution is 2.25. The first-order chi connectivity index (χ1) is 17.0. The largest absolute Gasteiger partial charge is 0.468 e. The summed E-state index contributed by atoms with van der Waals surface area (Å²) in [5.74, 6) is -0.645. The maximum Gasteiger partial charge on any atom is 0.327 e. The number of hydrogen-bond donors (Lipinski definition) is 1. The molecule has 7 nitrogen and oxygen atoms in total. The molecule has 0 aliphatic carbocycles. The lowest BCUT2D eigenvalue weighted by molar-refractivity contribution is -0.148. The molecule has 2 amide bonds. The van der Waals surface area contributed by atoms with Gasteiger partial charge in [0.1, 0.15) is 6.04 Å². The highest BCUT2D eigenvalue weighted by molar-refractivity contribution is 6.30. The number of anilines is 1. The van der Waals surface area contributed by atoms with Gasteiger partial charge in [-0.05, 0) is 54.1 Å². The second kappa shape index (κ2) is 11.2. The number of piperazine rings is 1. The standard InChI is InChI=1S/C27H26ClN3O4/c1-35-27(34)24(19-7-11-22(28)12-8-19)30-15-17-31(18-16-30)26(33)21-9-13-23(14-10-21)29-25(32)20-5-3-2-4-6-20/h2-14,24H,15-18H2,1H3,(H,29,32). The van der Waals surface area contributed by atoms with Crippen LogP contribution in [0.4, 0.5) is 5.69 Å². The van der Waals surface area contributed by atoms with Gasteiger partial charge in [-0.25, -0.2) is 4.79 Å². The van der Waals surface area contributed by atoms with Crippen molar-refractivity contribution in [3.8, 4) is 0 Å². The first kappa shape index (κ1) is 24.4. The summed E-state index contributed by atoms with van der Waals surface area (Å²) >= 11 is 6.00. The van der Waals surface area contributed by atoms with E-state index in [1.807, 2.05) is 23.1 Å². The molecule has 8 heteroatoms. The van der Waals surface area contributed by atoms with Crippen molar-refractivity contribution in [1.82, 2.24) is 9.80 Å². The van der Waals surface area contributed by atoms with E-state index in [0.717, 1.165) is 5.56 Å². The first-order valence-corrected chi connectivity index (χ1v) is 11.7. The van der Waals surface area contributed by atoms with Gasteiger partial charge in [-0.2, -0.15) is 0 Å². The fourth-order valence-corrected chi connectivity index (χ4v) is 4.23. The van der Waals surface area contributed by atoms with E-state index in [1.54, 1.807) is 65.6 Å². The molecule has 180 valence electrons. The van der Waals surface area contributed by atoms with Gasteiger partial charge in [-0.1, -0.05) is 41.9 Å². The second-order valence-electron chi connectivity index (χ2n) is 8.20. The molecule has 0 spiro atoms. The van der Waals surface area contributed by atoms with E-state index in [2.05, 4.69) is 5.32 Å². The van der Waals surface area contributed by atoms with Crippen LogP contribution in [0, 0.1) is 0 Å². The monoisotopic (exact) mass is 491 g/mol. The van der Waals surface area contributed by atoms with Gasteiger partial charge in [-0.15, -0.1) is 0 Å². The molecule has 3 aromatic rings. The summed E-state index contributed by atoms with van der Waals surface area (Å²) in [5, 5.41) is 3.43. The minimum Gasteiger partial charge on any atom is -0.468 e. The van der Waals surface area contributed by atoms with Crippen molar-refractivity contribution >= 4 is 35.1 Å². The zero-order chi connectivity index (χ0) is 24.8. The van der Waals surface area contributed by atoms with E-state index in [9.17, 15) is 14.4 Å². The molecule has 1 aliphatic heterocycles. The van der Waals surface area contributed by atoms with Gasteiger partial charge < -0.3 is 15.0 Å². The molecular formula is C27H26ClN3O4. The minimum absolute atomic E-state index is 0.0910. The number of nitrogens with one attached hydrogen (secondary N) is 1. The summed E-state index contributed by atoms with van der Waals surface area (Å²) in [5.41, 5.74) is 2.52. The number of carbonyl (C=O) groups excluding carboxylic acids is 3. The number of amides is 2. The predicted molar refractivity (Wildman–Crippen MR) is 135 cm³/mol. The maximum atomic E-state index is 13.0. The van der Waals surface area contributed by atoms with Crippen LogP contribution in [-0.2, 0) is 9.53 Å². The number of hydrogen-bond acceptors (Lipinski definition) is 5. The molecule has 0 aromatic heterocycles. The third-order valence-corrected chi connectivity index (χ3v) is 6.25. The van der Waals surface area contributed by atoms with Crippen molar-refractivity contribution in [3.05, 3.63) is 101 Å². The van der Waals surface area contributed by atoms with Crippen LogP contribution < -0.4 is 5.32 Å². The van der Waals surface area contributed by atoms with E-state index >= 15 is 0 Å². The van der Waals surface area contributed by atoms with Crippen LogP contribution in [0.1, 0.15) is 32.3 Å². The number of rotatable bonds is 6. The van der Waals surface area contributed by atoms with E-state index in [-0.39, 0.29) is 17.8 Å². The van der Waals surface area contributed by atoms with Gasteiger partial charge in [0, 0.05) is 48.0 Å². The molecule has 1 fully saturated rings. The van der Waals surface area contributed by atoms with Crippen molar-refractivity contribution in [3.63, 3.8) is 0 Å². The molecule has 1 N–H and O–H groups in total. The molecular weight excluding hydrogens is 466 g/mol. The average molecular weight is 492 g/mol. The lowest BCUT2D eigenvalue weighted by Gasteiger charge is -2.38. The van der Waals surface area contributed by atoms with Crippen LogP contribution in [0.5, 0.6) is 0 Å². The van der Waals surface area contributed by atoms with Crippen LogP contribution in [0.15, 0.2) is 78.9 Å². The summed E-state index contributed by atoms with van der Waals surface area (Å²) in [6.07, 6.45) is 0. The molecule has 1 atom stereocenters. The summed E-state index contributed by atoms with van der Waals surface area (Å²) < 4.78 is 5.04. The fraction of sp³-hybridized carbons (Fsp3) is 0.222. The second-order valence-corrected chi connectivity index (χ2v) is 8.64. The Balaban J connectivity index is 1.37. The third kappa shape index (κ3) is 5.88. The summed E-state index contributed by atoms with van der Waals surface area (Å²) in [6, 6.07) is 22.4. The van der Waals surface area contributed by atoms with E-state index in [1.165, 1.54) is 7.11 Å². The normalized spacial score (nSPS) is 14.7. The van der Waals surface area contributed by atoms with Crippen LogP contribution in [0.25, 0.3) is 0 Å². The van der Waals surface area contributed by atoms with Crippen molar-refractivity contribution < 1.29 is 19.1 Å². The Morgan fingerprint density at radius 3 is 2.06 bits per heavy atom. The maximum absolute atomic E-state index is 13.0. The summed E-state index contributed by atoms with van der Waals surface area (Å²) in [4.78, 5) is 41.7. The highest BCUT2D eigenvalue weighted by Gasteiger charge is 2.32. The summed E-state index contributed by atoms with van der Waals surface area (Å²) in [7, 11) is 1.37. The topological polar surface area (TPSA) is 79.0 Å². The lowest BCUT2D eigenvalue weighted by Crippen LogP contribution is -2.51. The van der Waals surface area contributed by atoms with Crippen LogP contribution in [-0.4, -0.2) is 60.9 Å². The molecule has 1 saturated heterocycles. The Kier molecular flexibility index (Phi) is 7.80. The number of carbonyl (C=O) groups is 3. The van der Waals surface area contributed by atoms with Gasteiger partial charge in [0.25, 0.3) is 11.8 Å². The van der Waals surface area contributed by atoms with Crippen molar-refractivity contribution in [2.75, 3.05) is 38.6 Å². The fourth-order valence-electron chi connectivity index (χ4n) is 4.11. The van der Waals surface area contributed by atoms with Crippen LogP contribution in [0.2, 0.25) is 5.02 Å². The predicted octanol–water partition coefficient (Wildman–Crippen LogP) is 4.26. The van der Waals surface area contributed by atoms with Crippen molar-refractivity contribution in [2.24, 2.45) is 0 Å². The SMILES string of the molecule is COC(=O)C(c1ccc(Cl)cc1)N1CCN(C(=O)c2ccc(NC(=O)c3ccccc3)cc2)CC1. The quantitative estimate of drug-likeness (QED) is 0.521. The van der Waals surface area contributed by atoms with Gasteiger partial charge >= 0.3 is 5.97 Å². The zero-order valence-corrected chi connectivity index (χ0v) is 20.1. The Morgan fingerprint density at radius 1 is 0.829 bits per heavy atom. The molecule has 1 unspecified atom stereocenters. The van der Waals surface area contributed by atoms with Gasteiger partial charge in [0.05, 0.1) is 7.11 Å². The molecule has 35 heavy (non-hydrogen) atoms.